The predicted molar refractivity (Wildman–Crippen MR) is 46.3 cm³/mol. The van der Waals surface area contributed by atoms with Gasteiger partial charge in [0.25, 0.3) is 0 Å². The molecule has 1 aliphatic rings. The highest BCUT2D eigenvalue weighted by molar-refractivity contribution is 9.11. The van der Waals surface area contributed by atoms with Crippen LogP contribution in [0.3, 0.4) is 0 Å². The second-order valence-electron chi connectivity index (χ2n) is 2.28. The molecule has 0 atom stereocenters. The Bertz CT molecular complexity index is 228. The van der Waals surface area contributed by atoms with E-state index in [1.165, 1.54) is 7.11 Å². The lowest BCUT2D eigenvalue weighted by atomic mass is 10.1. The van der Waals surface area contributed by atoms with Crippen LogP contribution in [0.1, 0.15) is 12.8 Å². The van der Waals surface area contributed by atoms with E-state index in [0.717, 1.165) is 17.3 Å². The first-order valence-electron chi connectivity index (χ1n) is 3.38. The van der Waals surface area contributed by atoms with Gasteiger partial charge in [-0.25, -0.2) is 4.79 Å². The molecule has 0 aromatic carbocycles. The van der Waals surface area contributed by atoms with Gasteiger partial charge in [-0.1, -0.05) is 22.0 Å². The molecule has 1 aliphatic carbocycles. The van der Waals surface area contributed by atoms with Crippen molar-refractivity contribution >= 4 is 21.9 Å². The molecular formula is C8H9BrO2. The van der Waals surface area contributed by atoms with E-state index in [4.69, 9.17) is 0 Å². The normalized spacial score (nSPS) is 16.9. The quantitative estimate of drug-likeness (QED) is 0.629. The van der Waals surface area contributed by atoms with Gasteiger partial charge in [-0.15, -0.1) is 0 Å². The Kier molecular flexibility index (Phi) is 2.88. The SMILES string of the molecule is COC(=O)C1=CCCC(Br)=C1. The van der Waals surface area contributed by atoms with Gasteiger partial charge < -0.3 is 4.74 Å². The summed E-state index contributed by atoms with van der Waals surface area (Å²) in [5, 5.41) is 0. The second kappa shape index (κ2) is 3.72. The van der Waals surface area contributed by atoms with Crippen molar-refractivity contribution in [2.24, 2.45) is 0 Å². The molecule has 0 saturated heterocycles. The number of esters is 1. The minimum Gasteiger partial charge on any atom is -0.465 e. The molecule has 0 heterocycles. The average molecular weight is 217 g/mol. The zero-order valence-electron chi connectivity index (χ0n) is 6.26. The largest absolute Gasteiger partial charge is 0.465 e. The average Bonchev–Trinajstić information content (AvgIpc) is 2.03. The smallest absolute Gasteiger partial charge is 0.337 e. The topological polar surface area (TPSA) is 26.3 Å². The zero-order chi connectivity index (χ0) is 8.27. The Morgan fingerprint density at radius 2 is 2.45 bits per heavy atom. The molecule has 0 N–H and O–H groups in total. The van der Waals surface area contributed by atoms with Gasteiger partial charge in [-0.3, -0.25) is 0 Å². The van der Waals surface area contributed by atoms with E-state index in [-0.39, 0.29) is 5.97 Å². The molecular weight excluding hydrogens is 208 g/mol. The third-order valence-electron chi connectivity index (χ3n) is 1.48. The van der Waals surface area contributed by atoms with Gasteiger partial charge >= 0.3 is 5.97 Å². The lowest BCUT2D eigenvalue weighted by Gasteiger charge is -2.06. The Balaban J connectivity index is 2.73. The summed E-state index contributed by atoms with van der Waals surface area (Å²) in [6, 6.07) is 0. The Labute approximate surface area is 74.1 Å². The van der Waals surface area contributed by atoms with Crippen LogP contribution in [0.2, 0.25) is 0 Å². The fourth-order valence-corrected chi connectivity index (χ4v) is 1.40. The molecule has 1 rings (SSSR count). The van der Waals surface area contributed by atoms with Crippen LogP contribution in [0.15, 0.2) is 22.2 Å². The Morgan fingerprint density at radius 3 is 3.00 bits per heavy atom. The number of ether oxygens (including phenoxy) is 1. The summed E-state index contributed by atoms with van der Waals surface area (Å²) >= 11 is 3.34. The van der Waals surface area contributed by atoms with E-state index in [9.17, 15) is 4.79 Å². The zero-order valence-corrected chi connectivity index (χ0v) is 7.85. The van der Waals surface area contributed by atoms with E-state index in [2.05, 4.69) is 20.7 Å². The number of allylic oxidation sites excluding steroid dienone is 2. The van der Waals surface area contributed by atoms with E-state index in [1.54, 1.807) is 6.08 Å². The molecule has 0 aromatic rings. The number of hydrogen-bond donors (Lipinski definition) is 0. The highest BCUT2D eigenvalue weighted by Crippen LogP contribution is 2.22. The van der Waals surface area contributed by atoms with Gasteiger partial charge in [0.15, 0.2) is 0 Å². The molecule has 11 heavy (non-hydrogen) atoms. The van der Waals surface area contributed by atoms with Crippen molar-refractivity contribution in [2.45, 2.75) is 12.8 Å². The third kappa shape index (κ3) is 2.19. The highest BCUT2D eigenvalue weighted by atomic mass is 79.9. The molecule has 3 heteroatoms. The van der Waals surface area contributed by atoms with Crippen molar-refractivity contribution in [1.29, 1.82) is 0 Å². The van der Waals surface area contributed by atoms with Crippen molar-refractivity contribution in [3.63, 3.8) is 0 Å². The van der Waals surface area contributed by atoms with Crippen molar-refractivity contribution in [1.82, 2.24) is 0 Å². The molecule has 0 spiro atoms. The van der Waals surface area contributed by atoms with Gasteiger partial charge in [-0.05, 0) is 23.4 Å². The number of carbonyl (C=O) groups excluding carboxylic acids is 1. The number of carbonyl (C=O) groups is 1. The highest BCUT2D eigenvalue weighted by Gasteiger charge is 2.10. The molecule has 2 nitrogen and oxygen atoms in total. The molecule has 0 unspecified atom stereocenters. The van der Waals surface area contributed by atoms with E-state index < -0.39 is 0 Å². The maximum atomic E-state index is 11.0. The Hall–Kier alpha value is -0.570. The first kappa shape index (κ1) is 8.53. The molecule has 0 amide bonds. The lowest BCUT2D eigenvalue weighted by Crippen LogP contribution is -2.04. The van der Waals surface area contributed by atoms with Gasteiger partial charge in [0.1, 0.15) is 0 Å². The third-order valence-corrected chi connectivity index (χ3v) is 2.11. The minimum absolute atomic E-state index is 0.262. The summed E-state index contributed by atoms with van der Waals surface area (Å²) in [7, 11) is 1.39. The van der Waals surface area contributed by atoms with Crippen LogP contribution in [0.5, 0.6) is 0 Å². The minimum atomic E-state index is -0.262. The maximum absolute atomic E-state index is 11.0. The summed E-state index contributed by atoms with van der Waals surface area (Å²) in [4.78, 5) is 11.0. The molecule has 60 valence electrons. The fraction of sp³-hybridized carbons (Fsp3) is 0.375. The maximum Gasteiger partial charge on any atom is 0.337 e. The number of halogens is 1. The van der Waals surface area contributed by atoms with Crippen LogP contribution in [0, 0.1) is 0 Å². The van der Waals surface area contributed by atoms with Crippen LogP contribution in [0.25, 0.3) is 0 Å². The first-order chi connectivity index (χ1) is 5.24. The molecule has 0 aromatic heterocycles. The van der Waals surface area contributed by atoms with Gasteiger partial charge in [0, 0.05) is 0 Å². The van der Waals surface area contributed by atoms with Crippen LogP contribution >= 0.6 is 15.9 Å². The summed E-state index contributed by atoms with van der Waals surface area (Å²) < 4.78 is 5.62. The monoisotopic (exact) mass is 216 g/mol. The fourth-order valence-electron chi connectivity index (χ4n) is 0.925. The van der Waals surface area contributed by atoms with Crippen molar-refractivity contribution in [3.05, 3.63) is 22.2 Å². The van der Waals surface area contributed by atoms with Gasteiger partial charge in [-0.2, -0.15) is 0 Å². The lowest BCUT2D eigenvalue weighted by molar-refractivity contribution is -0.135. The molecule has 0 saturated carbocycles. The van der Waals surface area contributed by atoms with Gasteiger partial charge in [0.2, 0.25) is 0 Å². The van der Waals surface area contributed by atoms with E-state index in [1.807, 2.05) is 6.08 Å². The summed E-state index contributed by atoms with van der Waals surface area (Å²) in [5.41, 5.74) is 0.644. The van der Waals surface area contributed by atoms with E-state index >= 15 is 0 Å². The molecule has 0 bridgehead atoms. The summed E-state index contributed by atoms with van der Waals surface area (Å²) in [6.45, 7) is 0. The van der Waals surface area contributed by atoms with Crippen LogP contribution in [-0.2, 0) is 9.53 Å². The summed E-state index contributed by atoms with van der Waals surface area (Å²) in [6.07, 6.45) is 5.56. The van der Waals surface area contributed by atoms with Gasteiger partial charge in [0.05, 0.1) is 12.7 Å². The van der Waals surface area contributed by atoms with Crippen LogP contribution in [0.4, 0.5) is 0 Å². The first-order valence-corrected chi connectivity index (χ1v) is 4.18. The standard InChI is InChI=1S/C8H9BrO2/c1-11-8(10)6-3-2-4-7(9)5-6/h3,5H,2,4H2,1H3. The van der Waals surface area contributed by atoms with Crippen LogP contribution < -0.4 is 0 Å². The van der Waals surface area contributed by atoms with Crippen molar-refractivity contribution in [2.75, 3.05) is 7.11 Å². The molecule has 0 radical (unpaired) electrons. The van der Waals surface area contributed by atoms with Crippen molar-refractivity contribution < 1.29 is 9.53 Å². The summed E-state index contributed by atoms with van der Waals surface area (Å²) in [5.74, 6) is -0.262. The van der Waals surface area contributed by atoms with Crippen LogP contribution in [-0.4, -0.2) is 13.1 Å². The molecule has 0 fully saturated rings. The molecule has 0 aliphatic heterocycles. The Morgan fingerprint density at radius 1 is 1.73 bits per heavy atom. The van der Waals surface area contributed by atoms with Crippen molar-refractivity contribution in [3.8, 4) is 0 Å². The van der Waals surface area contributed by atoms with E-state index in [0.29, 0.717) is 5.57 Å². The predicted octanol–water partition coefficient (Wildman–Crippen LogP) is 2.16. The number of rotatable bonds is 1. The number of methoxy groups -OCH3 is 1. The second-order valence-corrected chi connectivity index (χ2v) is 3.30. The number of hydrogen-bond acceptors (Lipinski definition) is 2.